The lowest BCUT2D eigenvalue weighted by atomic mass is 10.7. The molecule has 0 rings (SSSR count). The number of alkyl halides is 2. The van der Waals surface area contributed by atoms with Gasteiger partial charge in [-0.05, 0) is 0 Å². The summed E-state index contributed by atoms with van der Waals surface area (Å²) < 4.78 is 26.5. The largest absolute Gasteiger partial charge is 0.368 e. The standard InChI is InChI=1S/C4H7F2NO2/c5-3(6)1-9-2-4(7)8/h3H,1-2H2,(H2,7,8). The highest BCUT2D eigenvalue weighted by atomic mass is 19.3. The first-order chi connectivity index (χ1) is 4.13. The van der Waals surface area contributed by atoms with Crippen molar-refractivity contribution in [2.75, 3.05) is 13.2 Å². The van der Waals surface area contributed by atoms with Gasteiger partial charge >= 0.3 is 0 Å². The van der Waals surface area contributed by atoms with Gasteiger partial charge in [0.25, 0.3) is 6.43 Å². The van der Waals surface area contributed by atoms with Gasteiger partial charge in [-0.3, -0.25) is 4.79 Å². The second-order valence-corrected chi connectivity index (χ2v) is 1.37. The number of carbonyl (C=O) groups excluding carboxylic acids is 1. The fourth-order valence-corrected chi connectivity index (χ4v) is 0.249. The molecule has 0 aromatic carbocycles. The number of carbonyl (C=O) groups is 1. The molecule has 0 aromatic heterocycles. The average molecular weight is 139 g/mol. The summed E-state index contributed by atoms with van der Waals surface area (Å²) >= 11 is 0. The Bertz CT molecular complexity index is 96.6. The van der Waals surface area contributed by atoms with Crippen molar-refractivity contribution < 1.29 is 18.3 Å². The van der Waals surface area contributed by atoms with Gasteiger partial charge in [0, 0.05) is 0 Å². The lowest BCUT2D eigenvalue weighted by Crippen LogP contribution is -2.20. The molecule has 9 heavy (non-hydrogen) atoms. The summed E-state index contributed by atoms with van der Waals surface area (Å²) in [6.07, 6.45) is -2.54. The number of halogens is 2. The Morgan fingerprint density at radius 1 is 1.67 bits per heavy atom. The summed E-state index contributed by atoms with van der Waals surface area (Å²) in [7, 11) is 0. The highest BCUT2D eigenvalue weighted by Gasteiger charge is 2.02. The monoisotopic (exact) mass is 139 g/mol. The molecule has 0 aliphatic heterocycles. The van der Waals surface area contributed by atoms with E-state index >= 15 is 0 Å². The molecule has 0 aliphatic rings. The summed E-state index contributed by atoms with van der Waals surface area (Å²) in [4.78, 5) is 9.83. The third-order valence-electron chi connectivity index (χ3n) is 0.488. The van der Waals surface area contributed by atoms with Crippen LogP contribution in [0.1, 0.15) is 0 Å². The van der Waals surface area contributed by atoms with E-state index in [1.54, 1.807) is 0 Å². The lowest BCUT2D eigenvalue weighted by Gasteiger charge is -1.97. The van der Waals surface area contributed by atoms with E-state index in [2.05, 4.69) is 10.5 Å². The van der Waals surface area contributed by atoms with Crippen molar-refractivity contribution in [3.05, 3.63) is 0 Å². The summed E-state index contributed by atoms with van der Waals surface area (Å²) in [5.41, 5.74) is 4.57. The van der Waals surface area contributed by atoms with Crippen LogP contribution in [0, 0.1) is 0 Å². The predicted molar refractivity (Wildman–Crippen MR) is 26.0 cm³/mol. The molecule has 0 spiro atoms. The maximum atomic E-state index is 11.2. The minimum atomic E-state index is -2.54. The topological polar surface area (TPSA) is 52.3 Å². The van der Waals surface area contributed by atoms with E-state index in [9.17, 15) is 13.6 Å². The van der Waals surface area contributed by atoms with Gasteiger partial charge in [-0.15, -0.1) is 0 Å². The molecule has 3 nitrogen and oxygen atoms in total. The van der Waals surface area contributed by atoms with Crippen LogP contribution in [0.25, 0.3) is 0 Å². The first-order valence-electron chi connectivity index (χ1n) is 2.27. The van der Waals surface area contributed by atoms with Crippen LogP contribution in [0.3, 0.4) is 0 Å². The molecule has 0 saturated heterocycles. The zero-order chi connectivity index (χ0) is 7.28. The van der Waals surface area contributed by atoms with Crippen molar-refractivity contribution in [3.8, 4) is 0 Å². The van der Waals surface area contributed by atoms with Gasteiger partial charge in [-0.1, -0.05) is 0 Å². The van der Waals surface area contributed by atoms with E-state index in [1.165, 1.54) is 0 Å². The van der Waals surface area contributed by atoms with Crippen LogP contribution in [-0.2, 0) is 9.53 Å². The Morgan fingerprint density at radius 3 is 2.56 bits per heavy atom. The summed E-state index contributed by atoms with van der Waals surface area (Å²) in [6.45, 7) is -1.17. The number of hydrogen-bond donors (Lipinski definition) is 1. The van der Waals surface area contributed by atoms with Crippen LogP contribution < -0.4 is 5.73 Å². The van der Waals surface area contributed by atoms with Crippen molar-refractivity contribution in [1.82, 2.24) is 0 Å². The normalized spacial score (nSPS) is 10.1. The second kappa shape index (κ2) is 4.20. The van der Waals surface area contributed by atoms with Gasteiger partial charge in [0.1, 0.15) is 13.2 Å². The number of primary amides is 1. The molecule has 2 N–H and O–H groups in total. The number of amides is 1. The van der Waals surface area contributed by atoms with E-state index in [1.807, 2.05) is 0 Å². The fourth-order valence-electron chi connectivity index (χ4n) is 0.249. The van der Waals surface area contributed by atoms with Crippen LogP contribution in [0.5, 0.6) is 0 Å². The number of nitrogens with two attached hydrogens (primary N) is 1. The van der Waals surface area contributed by atoms with E-state index in [0.29, 0.717) is 0 Å². The van der Waals surface area contributed by atoms with Crippen LogP contribution in [0.4, 0.5) is 8.78 Å². The SMILES string of the molecule is NC(=O)COCC(F)F. The highest BCUT2D eigenvalue weighted by Crippen LogP contribution is 1.90. The van der Waals surface area contributed by atoms with Gasteiger partial charge in [0.05, 0.1) is 0 Å². The molecule has 5 heteroatoms. The van der Waals surface area contributed by atoms with E-state index in [-0.39, 0.29) is 0 Å². The Labute approximate surface area is 50.8 Å². The quantitative estimate of drug-likeness (QED) is 0.584. The van der Waals surface area contributed by atoms with Gasteiger partial charge < -0.3 is 10.5 Å². The molecule has 0 aliphatic carbocycles. The molecule has 0 unspecified atom stereocenters. The maximum Gasteiger partial charge on any atom is 0.261 e. The molecule has 54 valence electrons. The first-order valence-corrected chi connectivity index (χ1v) is 2.27. The predicted octanol–water partition coefficient (Wildman–Crippen LogP) is -0.247. The molecule has 0 radical (unpaired) electrons. The molecule has 1 amide bonds. The van der Waals surface area contributed by atoms with E-state index in [4.69, 9.17) is 0 Å². The minimum absolute atomic E-state index is 0.440. The third-order valence-corrected chi connectivity index (χ3v) is 0.488. The van der Waals surface area contributed by atoms with Crippen molar-refractivity contribution in [1.29, 1.82) is 0 Å². The van der Waals surface area contributed by atoms with Crippen molar-refractivity contribution >= 4 is 5.91 Å². The molecule has 0 bridgehead atoms. The number of rotatable bonds is 4. The Balaban J connectivity index is 3.01. The van der Waals surface area contributed by atoms with Crippen LogP contribution in [0.15, 0.2) is 0 Å². The van der Waals surface area contributed by atoms with Crippen molar-refractivity contribution in [3.63, 3.8) is 0 Å². The first kappa shape index (κ1) is 8.29. The molecular weight excluding hydrogens is 132 g/mol. The second-order valence-electron chi connectivity index (χ2n) is 1.37. The molecular formula is C4H7F2NO2. The van der Waals surface area contributed by atoms with Crippen molar-refractivity contribution in [2.24, 2.45) is 5.73 Å². The zero-order valence-electron chi connectivity index (χ0n) is 4.64. The smallest absolute Gasteiger partial charge is 0.261 e. The van der Waals surface area contributed by atoms with Crippen molar-refractivity contribution in [2.45, 2.75) is 6.43 Å². The molecule has 0 saturated carbocycles. The average Bonchev–Trinajstić information content (AvgIpc) is 1.63. The van der Waals surface area contributed by atoms with E-state index in [0.717, 1.165) is 0 Å². The number of ether oxygens (including phenoxy) is 1. The maximum absolute atomic E-state index is 11.2. The molecule has 0 atom stereocenters. The van der Waals surface area contributed by atoms with Gasteiger partial charge in [0.15, 0.2) is 0 Å². The minimum Gasteiger partial charge on any atom is -0.368 e. The Kier molecular flexibility index (Phi) is 3.87. The summed E-state index contributed by atoms with van der Waals surface area (Å²) in [5, 5.41) is 0. The number of hydrogen-bond acceptors (Lipinski definition) is 2. The fraction of sp³-hybridized carbons (Fsp3) is 0.750. The summed E-state index contributed by atoms with van der Waals surface area (Å²) in [6, 6.07) is 0. The van der Waals surface area contributed by atoms with Crippen LogP contribution in [-0.4, -0.2) is 25.5 Å². The third kappa shape index (κ3) is 7.29. The van der Waals surface area contributed by atoms with Crippen LogP contribution in [0.2, 0.25) is 0 Å². The Morgan fingerprint density at radius 2 is 2.22 bits per heavy atom. The van der Waals surface area contributed by atoms with Gasteiger partial charge in [-0.25, -0.2) is 8.78 Å². The van der Waals surface area contributed by atoms with E-state index < -0.39 is 25.5 Å². The highest BCUT2D eigenvalue weighted by molar-refractivity contribution is 5.74. The molecule has 0 fully saturated rings. The molecule has 0 aromatic rings. The zero-order valence-corrected chi connectivity index (χ0v) is 4.64. The summed E-state index contributed by atoms with van der Waals surface area (Å²) in [5.74, 6) is -0.740. The lowest BCUT2D eigenvalue weighted by molar-refractivity contribution is -0.123. The van der Waals surface area contributed by atoms with Gasteiger partial charge in [-0.2, -0.15) is 0 Å². The Hall–Kier alpha value is -0.710. The van der Waals surface area contributed by atoms with Gasteiger partial charge in [0.2, 0.25) is 5.91 Å². The van der Waals surface area contributed by atoms with Crippen LogP contribution >= 0.6 is 0 Å². The molecule has 0 heterocycles.